The van der Waals surface area contributed by atoms with Crippen LogP contribution in [0.2, 0.25) is 0 Å². The molecule has 2 unspecified atom stereocenters. The van der Waals surface area contributed by atoms with Crippen molar-refractivity contribution in [1.29, 1.82) is 0 Å². The van der Waals surface area contributed by atoms with Crippen molar-refractivity contribution in [2.45, 2.75) is 38.1 Å². The van der Waals surface area contributed by atoms with Crippen LogP contribution in [0.5, 0.6) is 0 Å². The van der Waals surface area contributed by atoms with Crippen molar-refractivity contribution >= 4 is 17.3 Å². The summed E-state index contributed by atoms with van der Waals surface area (Å²) in [5, 5.41) is 20.1. The molecule has 21 heavy (non-hydrogen) atoms. The molecule has 2 aliphatic rings. The number of hydrogen-bond donors (Lipinski definition) is 1. The van der Waals surface area contributed by atoms with Gasteiger partial charge in [-0.3, -0.25) is 10.1 Å². The minimum absolute atomic E-state index is 0.225. The average molecular weight is 290 g/mol. The molecule has 2 fully saturated rings. The van der Waals surface area contributed by atoms with E-state index in [0.29, 0.717) is 12.0 Å². The summed E-state index contributed by atoms with van der Waals surface area (Å²) in [6, 6.07) is 4.91. The van der Waals surface area contributed by atoms with E-state index in [1.54, 1.807) is 6.07 Å². The summed E-state index contributed by atoms with van der Waals surface area (Å²) in [5.74, 6) is -0.565. The molecule has 0 spiro atoms. The van der Waals surface area contributed by atoms with E-state index in [1.165, 1.54) is 31.4 Å². The van der Waals surface area contributed by atoms with Crippen LogP contribution in [0.4, 0.5) is 11.4 Å². The van der Waals surface area contributed by atoms with Gasteiger partial charge in [-0.25, -0.2) is 4.79 Å². The van der Waals surface area contributed by atoms with Crippen LogP contribution in [0.1, 0.15) is 42.5 Å². The first-order valence-corrected chi connectivity index (χ1v) is 7.36. The van der Waals surface area contributed by atoms with E-state index < -0.39 is 10.9 Å². The second-order valence-electron chi connectivity index (χ2n) is 5.86. The second-order valence-corrected chi connectivity index (χ2v) is 5.86. The topological polar surface area (TPSA) is 83.7 Å². The fourth-order valence-electron chi connectivity index (χ4n) is 3.76. The first-order chi connectivity index (χ1) is 10.1. The Labute approximate surface area is 122 Å². The maximum absolute atomic E-state index is 11.3. The van der Waals surface area contributed by atoms with Crippen LogP contribution in [0.15, 0.2) is 18.2 Å². The zero-order chi connectivity index (χ0) is 15.0. The van der Waals surface area contributed by atoms with Crippen molar-refractivity contribution in [3.8, 4) is 0 Å². The number of fused-ring (bicyclic) bond motifs is 1. The van der Waals surface area contributed by atoms with Gasteiger partial charge in [0.05, 0.1) is 4.92 Å². The van der Waals surface area contributed by atoms with Gasteiger partial charge in [0.1, 0.15) is 5.56 Å². The van der Waals surface area contributed by atoms with E-state index in [9.17, 15) is 20.0 Å². The minimum atomic E-state index is -1.25. The van der Waals surface area contributed by atoms with E-state index in [1.807, 2.05) is 0 Å². The van der Waals surface area contributed by atoms with Gasteiger partial charge in [0.15, 0.2) is 0 Å². The van der Waals surface area contributed by atoms with Gasteiger partial charge in [0, 0.05) is 24.3 Å². The molecule has 1 aliphatic heterocycles. The Balaban J connectivity index is 1.94. The lowest BCUT2D eigenvalue weighted by atomic mass is 9.85. The molecule has 112 valence electrons. The third kappa shape index (κ3) is 2.46. The predicted molar refractivity (Wildman–Crippen MR) is 77.8 cm³/mol. The number of benzene rings is 1. The van der Waals surface area contributed by atoms with E-state index in [0.717, 1.165) is 25.1 Å². The standard InChI is InChI=1S/C15H18N2O4/c18-15(19)12-9-11(5-6-14(12)17(20)21)16-8-7-10-3-1-2-4-13(10)16/h5-6,9-10,13H,1-4,7-8H2,(H,18,19). The highest BCUT2D eigenvalue weighted by molar-refractivity contribution is 5.93. The van der Waals surface area contributed by atoms with Crippen molar-refractivity contribution in [2.24, 2.45) is 5.92 Å². The number of carbonyl (C=O) groups is 1. The van der Waals surface area contributed by atoms with Gasteiger partial charge >= 0.3 is 5.97 Å². The first-order valence-electron chi connectivity index (χ1n) is 7.36. The van der Waals surface area contributed by atoms with Crippen LogP contribution >= 0.6 is 0 Å². The van der Waals surface area contributed by atoms with Crippen LogP contribution in [-0.2, 0) is 0 Å². The van der Waals surface area contributed by atoms with Gasteiger partial charge < -0.3 is 10.0 Å². The van der Waals surface area contributed by atoms with E-state index in [2.05, 4.69) is 4.90 Å². The van der Waals surface area contributed by atoms with Gasteiger partial charge in [0.2, 0.25) is 0 Å². The van der Waals surface area contributed by atoms with Crippen LogP contribution in [0.25, 0.3) is 0 Å². The molecule has 6 nitrogen and oxygen atoms in total. The minimum Gasteiger partial charge on any atom is -0.477 e. The number of carboxylic acids is 1. The first kappa shape index (κ1) is 13.9. The normalized spacial score (nSPS) is 24.7. The molecule has 1 saturated heterocycles. The van der Waals surface area contributed by atoms with Crippen LogP contribution < -0.4 is 4.90 Å². The monoisotopic (exact) mass is 290 g/mol. The summed E-state index contributed by atoms with van der Waals surface area (Å²) >= 11 is 0. The molecule has 1 N–H and O–H groups in total. The summed E-state index contributed by atoms with van der Waals surface area (Å²) in [5.41, 5.74) is 0.231. The molecule has 0 bridgehead atoms. The number of nitrogens with zero attached hydrogens (tertiary/aromatic N) is 2. The SMILES string of the molecule is O=C(O)c1cc(N2CCC3CCCCC32)ccc1[N+](=O)[O-]. The molecule has 1 saturated carbocycles. The highest BCUT2D eigenvalue weighted by Gasteiger charge is 2.36. The van der Waals surface area contributed by atoms with Crippen LogP contribution in [0, 0.1) is 16.0 Å². The number of carboxylic acid groups (broad SMARTS) is 1. The predicted octanol–water partition coefficient (Wildman–Crippen LogP) is 3.06. The summed E-state index contributed by atoms with van der Waals surface area (Å²) in [6.07, 6.45) is 5.97. The summed E-state index contributed by atoms with van der Waals surface area (Å²) in [7, 11) is 0. The molecule has 2 atom stereocenters. The molecule has 6 heteroatoms. The molecule has 0 radical (unpaired) electrons. The Morgan fingerprint density at radius 3 is 2.76 bits per heavy atom. The smallest absolute Gasteiger partial charge is 0.342 e. The fraction of sp³-hybridized carbons (Fsp3) is 0.533. The molecule has 1 aromatic rings. The number of aromatic carboxylic acids is 1. The van der Waals surface area contributed by atoms with Crippen molar-refractivity contribution in [1.82, 2.24) is 0 Å². The Hall–Kier alpha value is -2.11. The maximum Gasteiger partial charge on any atom is 0.342 e. The zero-order valence-electron chi connectivity index (χ0n) is 11.7. The van der Waals surface area contributed by atoms with Crippen molar-refractivity contribution in [3.63, 3.8) is 0 Å². The zero-order valence-corrected chi connectivity index (χ0v) is 11.7. The molecule has 1 heterocycles. The third-order valence-electron chi connectivity index (χ3n) is 4.75. The Kier molecular flexibility index (Phi) is 3.53. The summed E-state index contributed by atoms with van der Waals surface area (Å²) in [4.78, 5) is 23.8. The highest BCUT2D eigenvalue weighted by atomic mass is 16.6. The van der Waals surface area contributed by atoms with E-state index in [-0.39, 0.29) is 11.3 Å². The lowest BCUT2D eigenvalue weighted by molar-refractivity contribution is -0.385. The summed E-state index contributed by atoms with van der Waals surface area (Å²) < 4.78 is 0. The Morgan fingerprint density at radius 1 is 1.29 bits per heavy atom. The number of nitro groups is 1. The Bertz CT molecular complexity index is 587. The molecular formula is C15H18N2O4. The van der Waals surface area contributed by atoms with E-state index >= 15 is 0 Å². The number of hydrogen-bond acceptors (Lipinski definition) is 4. The maximum atomic E-state index is 11.3. The van der Waals surface area contributed by atoms with Gasteiger partial charge in [0.25, 0.3) is 5.69 Å². The Morgan fingerprint density at radius 2 is 2.05 bits per heavy atom. The summed E-state index contributed by atoms with van der Waals surface area (Å²) in [6.45, 7) is 0.909. The van der Waals surface area contributed by atoms with Gasteiger partial charge in [-0.1, -0.05) is 12.8 Å². The van der Waals surface area contributed by atoms with Crippen molar-refractivity contribution in [3.05, 3.63) is 33.9 Å². The molecule has 1 aromatic carbocycles. The number of anilines is 1. The van der Waals surface area contributed by atoms with Gasteiger partial charge in [-0.15, -0.1) is 0 Å². The third-order valence-corrected chi connectivity index (χ3v) is 4.75. The van der Waals surface area contributed by atoms with Crippen molar-refractivity contribution < 1.29 is 14.8 Å². The largest absolute Gasteiger partial charge is 0.477 e. The van der Waals surface area contributed by atoms with Gasteiger partial charge in [-0.05, 0) is 37.3 Å². The molecular weight excluding hydrogens is 272 g/mol. The number of nitro benzene ring substituents is 1. The van der Waals surface area contributed by atoms with Gasteiger partial charge in [-0.2, -0.15) is 0 Å². The lowest BCUT2D eigenvalue weighted by Gasteiger charge is -2.33. The van der Waals surface area contributed by atoms with Crippen LogP contribution in [-0.4, -0.2) is 28.6 Å². The van der Waals surface area contributed by atoms with Crippen molar-refractivity contribution in [2.75, 3.05) is 11.4 Å². The second kappa shape index (κ2) is 5.35. The number of rotatable bonds is 3. The average Bonchev–Trinajstić information content (AvgIpc) is 2.90. The molecule has 3 rings (SSSR count). The highest BCUT2D eigenvalue weighted by Crippen LogP contribution is 2.39. The molecule has 0 amide bonds. The molecule has 0 aromatic heterocycles. The van der Waals surface area contributed by atoms with E-state index in [4.69, 9.17) is 0 Å². The quantitative estimate of drug-likeness (QED) is 0.683. The fourth-order valence-corrected chi connectivity index (χ4v) is 3.76. The van der Waals surface area contributed by atoms with Crippen LogP contribution in [0.3, 0.4) is 0 Å². The molecule has 1 aliphatic carbocycles. The lowest BCUT2D eigenvalue weighted by Crippen LogP contribution is -2.34.